The van der Waals surface area contributed by atoms with Crippen LogP contribution in [0.5, 0.6) is 0 Å². The summed E-state index contributed by atoms with van der Waals surface area (Å²) in [5, 5.41) is 21.2. The molecule has 5 heteroatoms. The maximum absolute atomic E-state index is 10.1. The number of para-hydroxylation sites is 1. The molecule has 0 spiro atoms. The molecule has 2 N–H and O–H groups in total. The maximum Gasteiger partial charge on any atom is 0.0697 e. The number of aliphatic hydroxyl groups is 2. The Labute approximate surface area is 196 Å². The van der Waals surface area contributed by atoms with E-state index < -0.39 is 0 Å². The quantitative estimate of drug-likeness (QED) is 0.379. The van der Waals surface area contributed by atoms with Gasteiger partial charge in [-0.1, -0.05) is 32.4 Å². The Kier molecular flexibility index (Phi) is 8.23. The first-order valence-corrected chi connectivity index (χ1v) is 11.6. The molecule has 4 unspecified atom stereocenters. The predicted molar refractivity (Wildman–Crippen MR) is 120 cm³/mol. The average molecular weight is 601 g/mol. The van der Waals surface area contributed by atoms with Gasteiger partial charge < -0.3 is 10.2 Å². The van der Waals surface area contributed by atoms with Crippen molar-refractivity contribution < 1.29 is 30.3 Å². The third kappa shape index (κ3) is 4.87. The molecule has 1 aromatic heterocycles. The van der Waals surface area contributed by atoms with E-state index in [2.05, 4.69) is 31.0 Å². The Morgan fingerprint density at radius 2 is 1.83 bits per heavy atom. The average Bonchev–Trinajstić information content (AvgIpc) is 3.33. The van der Waals surface area contributed by atoms with E-state index in [0.717, 1.165) is 35.4 Å². The van der Waals surface area contributed by atoms with Crippen LogP contribution in [0, 0.1) is 29.7 Å². The second kappa shape index (κ2) is 10.5. The van der Waals surface area contributed by atoms with Crippen LogP contribution in [0.2, 0.25) is 0 Å². The van der Waals surface area contributed by atoms with Crippen molar-refractivity contribution in [3.63, 3.8) is 0 Å². The fraction of sp³-hybridized carbons (Fsp3) is 0.480. The number of aromatic nitrogens is 1. The topological polar surface area (TPSA) is 53.4 Å². The summed E-state index contributed by atoms with van der Waals surface area (Å²) in [5.41, 5.74) is 2.13. The van der Waals surface area contributed by atoms with Crippen LogP contribution in [-0.2, 0) is 20.1 Å². The first-order chi connectivity index (χ1) is 14.1. The van der Waals surface area contributed by atoms with E-state index in [-0.39, 0.29) is 38.2 Å². The monoisotopic (exact) mass is 601 g/mol. The molecule has 163 valence electrons. The number of hydrogen-bond donors (Lipinski definition) is 2. The molecular formula is C25H30IrNO2S-. The van der Waals surface area contributed by atoms with Gasteiger partial charge in [0.15, 0.2) is 0 Å². The molecule has 0 bridgehead atoms. The van der Waals surface area contributed by atoms with E-state index >= 15 is 0 Å². The Hall–Kier alpha value is -1.10. The van der Waals surface area contributed by atoms with E-state index in [1.54, 1.807) is 11.3 Å². The van der Waals surface area contributed by atoms with Crippen LogP contribution in [0.3, 0.4) is 0 Å². The molecule has 2 saturated carbocycles. The number of hydrogen-bond acceptors (Lipinski definition) is 4. The first-order valence-electron chi connectivity index (χ1n) is 10.8. The molecule has 30 heavy (non-hydrogen) atoms. The fourth-order valence-electron chi connectivity index (χ4n) is 5.02. The number of thiazole rings is 1. The number of nitrogens with zero attached hydrogens (tertiary/aromatic N) is 1. The molecule has 0 saturated heterocycles. The molecule has 1 heterocycles. The van der Waals surface area contributed by atoms with Crippen molar-refractivity contribution >= 4 is 21.6 Å². The zero-order valence-corrected chi connectivity index (χ0v) is 20.7. The standard InChI is InChI=1S/C13H8NS.C12H22O2.Ir/c1-2-6-10(7-3-1)13-14-11-8-4-5-9-12(11)15-13;1-3-8-6-9-5-4-7(2)11(13)10(9)12(8)14;/h1-6,8-9H;7-14H,3-6H2,1-2H3;/q-1;;/t;7-,8-,9?,10?,11?,12?;/m.0./s1. The van der Waals surface area contributed by atoms with Crippen LogP contribution in [0.15, 0.2) is 48.5 Å². The molecule has 0 aliphatic heterocycles. The number of benzene rings is 2. The minimum atomic E-state index is -0.264. The number of aliphatic hydroxyl groups excluding tert-OH is 2. The molecule has 1 radical (unpaired) electrons. The van der Waals surface area contributed by atoms with Gasteiger partial charge >= 0.3 is 0 Å². The second-order valence-corrected chi connectivity index (χ2v) is 9.57. The van der Waals surface area contributed by atoms with Crippen LogP contribution >= 0.6 is 11.3 Å². The number of rotatable bonds is 2. The fourth-order valence-corrected chi connectivity index (χ4v) is 5.97. The van der Waals surface area contributed by atoms with Crippen molar-refractivity contribution in [1.29, 1.82) is 0 Å². The molecule has 2 aliphatic carbocycles. The second-order valence-electron chi connectivity index (χ2n) is 8.54. The zero-order valence-electron chi connectivity index (χ0n) is 17.5. The van der Waals surface area contributed by atoms with Gasteiger partial charge in [-0.15, -0.1) is 35.9 Å². The van der Waals surface area contributed by atoms with Crippen LogP contribution in [0.4, 0.5) is 0 Å². The van der Waals surface area contributed by atoms with Gasteiger partial charge in [-0.25, -0.2) is 0 Å². The zero-order chi connectivity index (χ0) is 20.4. The molecule has 2 aliphatic rings. The predicted octanol–water partition coefficient (Wildman–Crippen LogP) is 5.56. The van der Waals surface area contributed by atoms with Crippen LogP contribution in [-0.4, -0.2) is 27.4 Å². The van der Waals surface area contributed by atoms with E-state index in [4.69, 9.17) is 0 Å². The summed E-state index contributed by atoms with van der Waals surface area (Å²) in [6.07, 6.45) is 4.01. The largest absolute Gasteiger partial charge is 0.392 e. The van der Waals surface area contributed by atoms with Crippen LogP contribution in [0.25, 0.3) is 20.8 Å². The molecule has 0 amide bonds. The summed E-state index contributed by atoms with van der Waals surface area (Å²) in [6.45, 7) is 4.24. The van der Waals surface area contributed by atoms with Gasteiger partial charge in [-0.3, -0.25) is 4.98 Å². The molecule has 5 rings (SSSR count). The summed E-state index contributed by atoms with van der Waals surface area (Å²) < 4.78 is 1.23. The van der Waals surface area contributed by atoms with Crippen molar-refractivity contribution in [2.24, 2.45) is 23.7 Å². The third-order valence-corrected chi connectivity index (χ3v) is 7.82. The van der Waals surface area contributed by atoms with Gasteiger partial charge in [-0.2, -0.15) is 11.3 Å². The Morgan fingerprint density at radius 1 is 1.07 bits per heavy atom. The third-order valence-electron chi connectivity index (χ3n) is 6.76. The Balaban J connectivity index is 0.000000166. The summed E-state index contributed by atoms with van der Waals surface area (Å²) in [5.74, 6) is 1.57. The van der Waals surface area contributed by atoms with Gasteiger partial charge in [0.2, 0.25) is 0 Å². The van der Waals surface area contributed by atoms with Gasteiger partial charge in [-0.05, 0) is 49.1 Å². The summed E-state index contributed by atoms with van der Waals surface area (Å²) in [6, 6.07) is 19.3. The van der Waals surface area contributed by atoms with Gasteiger partial charge in [0.25, 0.3) is 0 Å². The Morgan fingerprint density at radius 3 is 2.53 bits per heavy atom. The smallest absolute Gasteiger partial charge is 0.0697 e. The van der Waals surface area contributed by atoms with Crippen molar-refractivity contribution in [3.05, 3.63) is 54.6 Å². The minimum Gasteiger partial charge on any atom is -0.392 e. The molecule has 3 nitrogen and oxygen atoms in total. The maximum atomic E-state index is 10.1. The normalized spacial score (nSPS) is 30.1. The van der Waals surface area contributed by atoms with Gasteiger partial charge in [0.05, 0.1) is 17.7 Å². The van der Waals surface area contributed by atoms with Crippen LogP contribution in [0.1, 0.15) is 39.5 Å². The van der Waals surface area contributed by atoms with Gasteiger partial charge in [0, 0.05) is 35.7 Å². The van der Waals surface area contributed by atoms with Gasteiger partial charge in [0.1, 0.15) is 0 Å². The molecule has 3 aromatic rings. The van der Waals surface area contributed by atoms with Crippen molar-refractivity contribution in [1.82, 2.24) is 4.98 Å². The first kappa shape index (κ1) is 23.6. The van der Waals surface area contributed by atoms with Crippen LogP contribution < -0.4 is 0 Å². The van der Waals surface area contributed by atoms with E-state index in [1.165, 1.54) is 11.1 Å². The molecule has 6 atom stereocenters. The van der Waals surface area contributed by atoms with E-state index in [0.29, 0.717) is 17.8 Å². The summed E-state index contributed by atoms with van der Waals surface area (Å²) in [4.78, 5) is 4.57. The van der Waals surface area contributed by atoms with E-state index in [1.807, 2.05) is 42.5 Å². The Bertz CT molecular complexity index is 896. The molecule has 2 aromatic carbocycles. The van der Waals surface area contributed by atoms with Crippen molar-refractivity contribution in [2.45, 2.75) is 51.7 Å². The molecule has 2 fully saturated rings. The van der Waals surface area contributed by atoms with Crippen molar-refractivity contribution in [3.8, 4) is 10.6 Å². The summed E-state index contributed by atoms with van der Waals surface area (Å²) in [7, 11) is 0. The van der Waals surface area contributed by atoms with Crippen molar-refractivity contribution in [2.75, 3.05) is 0 Å². The summed E-state index contributed by atoms with van der Waals surface area (Å²) >= 11 is 1.71. The SMILES string of the molecule is CC[C@H]1CC2CC[C@H](C)C(O)C2C1O.[Ir].[c-]1ccccc1-c1nc2ccccc2s1. The molecular weight excluding hydrogens is 571 g/mol. The minimum absolute atomic E-state index is 0. The number of fused-ring (bicyclic) bond motifs is 2. The van der Waals surface area contributed by atoms with E-state index in [9.17, 15) is 10.2 Å².